The molecule has 2 saturated heterocycles. The van der Waals surface area contributed by atoms with E-state index in [2.05, 4.69) is 35.9 Å². The van der Waals surface area contributed by atoms with Crippen molar-refractivity contribution in [2.24, 2.45) is 0 Å². The van der Waals surface area contributed by atoms with Crippen LogP contribution >= 0.6 is 0 Å². The van der Waals surface area contributed by atoms with Gasteiger partial charge < -0.3 is 20.1 Å². The first-order valence-electron chi connectivity index (χ1n) is 7.95. The summed E-state index contributed by atoms with van der Waals surface area (Å²) in [7, 11) is 0. The number of nitrogens with zero attached hydrogens (tertiary/aromatic N) is 4. The van der Waals surface area contributed by atoms with E-state index in [1.807, 2.05) is 6.20 Å². The summed E-state index contributed by atoms with van der Waals surface area (Å²) in [6.45, 7) is 5.78. The number of nitrogens with one attached hydrogen (secondary N) is 3. The highest BCUT2D eigenvalue weighted by Gasteiger charge is 2.24. The fourth-order valence-corrected chi connectivity index (χ4v) is 3.20. The number of piperidine rings is 1. The summed E-state index contributed by atoms with van der Waals surface area (Å²) >= 11 is 0. The highest BCUT2D eigenvalue weighted by Crippen LogP contribution is 2.31. The maximum Gasteiger partial charge on any atom is 0.277 e. The molecule has 1 unspecified atom stereocenters. The Labute approximate surface area is 128 Å². The molecule has 8 nitrogen and oxygen atoms in total. The van der Waals surface area contributed by atoms with Crippen molar-refractivity contribution in [3.05, 3.63) is 11.8 Å². The second-order valence-electron chi connectivity index (χ2n) is 5.88. The maximum atomic E-state index is 5.48. The Hall–Kier alpha value is -1.93. The number of rotatable bonds is 3. The molecule has 4 heterocycles. The number of piperazine rings is 1. The summed E-state index contributed by atoms with van der Waals surface area (Å²) < 4.78 is 5.48. The Morgan fingerprint density at radius 3 is 2.91 bits per heavy atom. The van der Waals surface area contributed by atoms with Gasteiger partial charge in [-0.25, -0.2) is 0 Å². The van der Waals surface area contributed by atoms with Gasteiger partial charge in [0.2, 0.25) is 0 Å². The van der Waals surface area contributed by atoms with Crippen LogP contribution < -0.4 is 15.5 Å². The quantitative estimate of drug-likeness (QED) is 0.752. The van der Waals surface area contributed by atoms with Gasteiger partial charge in [-0.05, 0) is 24.5 Å². The molecule has 3 N–H and O–H groups in total. The van der Waals surface area contributed by atoms with E-state index in [9.17, 15) is 0 Å². The van der Waals surface area contributed by atoms with Gasteiger partial charge in [-0.3, -0.25) is 5.10 Å². The molecule has 2 aromatic rings. The van der Waals surface area contributed by atoms with E-state index < -0.39 is 0 Å². The molecule has 0 bridgehead atoms. The molecule has 1 atom stereocenters. The Kier molecular flexibility index (Phi) is 3.77. The zero-order valence-corrected chi connectivity index (χ0v) is 12.5. The molecular weight excluding hydrogens is 282 g/mol. The number of H-pyrrole nitrogens is 1. The van der Waals surface area contributed by atoms with Crippen LogP contribution in [0.15, 0.2) is 10.7 Å². The van der Waals surface area contributed by atoms with E-state index in [1.54, 1.807) is 0 Å². The fraction of sp³-hybridized carbons (Fsp3) is 0.643. The molecule has 0 aliphatic carbocycles. The Morgan fingerprint density at radius 1 is 1.18 bits per heavy atom. The molecule has 0 saturated carbocycles. The SMILES string of the molecule is c1n[nH]c(-c2nc(N3CCNCC3)no2)c1C1CCCNC1. The number of aromatic amines is 1. The minimum atomic E-state index is 0.456. The maximum absolute atomic E-state index is 5.48. The smallest absolute Gasteiger partial charge is 0.277 e. The Morgan fingerprint density at radius 2 is 2.09 bits per heavy atom. The molecule has 2 aliphatic heterocycles. The van der Waals surface area contributed by atoms with Crippen molar-refractivity contribution >= 4 is 5.95 Å². The Bertz CT molecular complexity index is 610. The zero-order valence-electron chi connectivity index (χ0n) is 12.5. The van der Waals surface area contributed by atoms with Gasteiger partial charge in [0.15, 0.2) is 0 Å². The minimum Gasteiger partial charge on any atom is -0.336 e. The van der Waals surface area contributed by atoms with Crippen molar-refractivity contribution in [1.29, 1.82) is 0 Å². The molecule has 2 aliphatic rings. The highest BCUT2D eigenvalue weighted by molar-refractivity contribution is 5.55. The lowest BCUT2D eigenvalue weighted by Crippen LogP contribution is -2.44. The van der Waals surface area contributed by atoms with Crippen LogP contribution in [0.5, 0.6) is 0 Å². The number of aromatic nitrogens is 4. The molecule has 22 heavy (non-hydrogen) atoms. The molecule has 4 rings (SSSR count). The van der Waals surface area contributed by atoms with Crippen LogP contribution in [0.25, 0.3) is 11.6 Å². The van der Waals surface area contributed by atoms with Crippen molar-refractivity contribution in [2.45, 2.75) is 18.8 Å². The summed E-state index contributed by atoms with van der Waals surface area (Å²) in [6.07, 6.45) is 4.24. The molecule has 2 fully saturated rings. The number of hydrogen-bond donors (Lipinski definition) is 3. The standard InChI is InChI=1S/C14H21N7O/c1-2-10(8-16-3-1)11-9-17-19-12(11)13-18-14(20-22-13)21-6-4-15-5-7-21/h9-10,15-16H,1-8H2,(H,17,19). The van der Waals surface area contributed by atoms with Crippen LogP contribution in [0.4, 0.5) is 5.95 Å². The van der Waals surface area contributed by atoms with Gasteiger partial charge in [0, 0.05) is 44.2 Å². The van der Waals surface area contributed by atoms with Gasteiger partial charge in [-0.1, -0.05) is 0 Å². The minimum absolute atomic E-state index is 0.456. The molecular formula is C14H21N7O. The molecule has 2 aromatic heterocycles. The first-order valence-corrected chi connectivity index (χ1v) is 7.95. The fourth-order valence-electron chi connectivity index (χ4n) is 3.20. The van der Waals surface area contributed by atoms with Crippen LogP contribution in [-0.2, 0) is 0 Å². The normalized spacial score (nSPS) is 22.9. The van der Waals surface area contributed by atoms with E-state index in [4.69, 9.17) is 4.52 Å². The summed E-state index contributed by atoms with van der Waals surface area (Å²) in [4.78, 5) is 6.70. The van der Waals surface area contributed by atoms with Crippen molar-refractivity contribution in [3.8, 4) is 11.6 Å². The molecule has 0 radical (unpaired) electrons. The van der Waals surface area contributed by atoms with Crippen LogP contribution in [-0.4, -0.2) is 59.6 Å². The molecule has 0 aromatic carbocycles. The van der Waals surface area contributed by atoms with Gasteiger partial charge in [0.05, 0.1) is 6.20 Å². The Balaban J connectivity index is 1.57. The summed E-state index contributed by atoms with van der Waals surface area (Å²) in [5.41, 5.74) is 2.03. The van der Waals surface area contributed by atoms with Gasteiger partial charge in [0.1, 0.15) is 5.69 Å². The third-order valence-corrected chi connectivity index (χ3v) is 4.43. The van der Waals surface area contributed by atoms with Crippen LogP contribution in [0.2, 0.25) is 0 Å². The van der Waals surface area contributed by atoms with Crippen molar-refractivity contribution in [3.63, 3.8) is 0 Å². The lowest BCUT2D eigenvalue weighted by molar-refractivity contribution is 0.423. The van der Waals surface area contributed by atoms with Crippen LogP contribution in [0.1, 0.15) is 24.3 Å². The number of hydrogen-bond acceptors (Lipinski definition) is 7. The monoisotopic (exact) mass is 303 g/mol. The largest absolute Gasteiger partial charge is 0.336 e. The molecule has 0 amide bonds. The first-order chi connectivity index (χ1) is 10.9. The summed E-state index contributed by atoms with van der Waals surface area (Å²) in [5.74, 6) is 1.66. The van der Waals surface area contributed by atoms with Gasteiger partial charge >= 0.3 is 0 Å². The van der Waals surface area contributed by atoms with E-state index in [0.29, 0.717) is 17.8 Å². The van der Waals surface area contributed by atoms with Gasteiger partial charge in [0.25, 0.3) is 11.8 Å². The van der Waals surface area contributed by atoms with Crippen LogP contribution in [0.3, 0.4) is 0 Å². The lowest BCUT2D eigenvalue weighted by Gasteiger charge is -2.25. The topological polar surface area (TPSA) is 94.9 Å². The summed E-state index contributed by atoms with van der Waals surface area (Å²) in [6, 6.07) is 0. The average Bonchev–Trinajstić information content (AvgIpc) is 3.25. The molecule has 118 valence electrons. The van der Waals surface area contributed by atoms with Crippen molar-refractivity contribution in [1.82, 2.24) is 31.0 Å². The van der Waals surface area contributed by atoms with Crippen LogP contribution in [0, 0.1) is 0 Å². The lowest BCUT2D eigenvalue weighted by atomic mass is 9.92. The third-order valence-electron chi connectivity index (χ3n) is 4.43. The second-order valence-corrected chi connectivity index (χ2v) is 5.88. The van der Waals surface area contributed by atoms with Gasteiger partial charge in [-0.2, -0.15) is 10.1 Å². The molecule has 8 heteroatoms. The van der Waals surface area contributed by atoms with E-state index >= 15 is 0 Å². The highest BCUT2D eigenvalue weighted by atomic mass is 16.5. The average molecular weight is 303 g/mol. The number of anilines is 1. The predicted octanol–water partition coefficient (Wildman–Crippen LogP) is 0.336. The van der Waals surface area contributed by atoms with Crippen molar-refractivity contribution < 1.29 is 4.52 Å². The first kappa shape index (κ1) is 13.7. The summed E-state index contributed by atoms with van der Waals surface area (Å²) in [5, 5.41) is 18.1. The van der Waals surface area contributed by atoms with E-state index in [0.717, 1.165) is 45.0 Å². The van der Waals surface area contributed by atoms with Crippen molar-refractivity contribution in [2.75, 3.05) is 44.2 Å². The second kappa shape index (κ2) is 6.05. The van der Waals surface area contributed by atoms with E-state index in [-0.39, 0.29) is 0 Å². The van der Waals surface area contributed by atoms with E-state index in [1.165, 1.54) is 18.4 Å². The molecule has 0 spiro atoms. The predicted molar refractivity (Wildman–Crippen MR) is 81.8 cm³/mol. The third kappa shape index (κ3) is 2.59. The zero-order chi connectivity index (χ0) is 14.8. The van der Waals surface area contributed by atoms with Gasteiger partial charge in [-0.15, -0.1) is 0 Å².